The Bertz CT molecular complexity index is 956. The fourth-order valence-corrected chi connectivity index (χ4v) is 4.34. The van der Waals surface area contributed by atoms with Crippen LogP contribution in [0.3, 0.4) is 0 Å². The molecule has 140 valence electrons. The lowest BCUT2D eigenvalue weighted by Crippen LogP contribution is -2.11. The number of fused-ring (bicyclic) bond motifs is 1. The molecule has 0 unspecified atom stereocenters. The Morgan fingerprint density at radius 1 is 1.15 bits per heavy atom. The number of hydrogen-bond acceptors (Lipinski definition) is 6. The summed E-state index contributed by atoms with van der Waals surface area (Å²) in [6, 6.07) is 7.45. The van der Waals surface area contributed by atoms with Crippen LogP contribution in [0.25, 0.3) is 11.4 Å². The van der Waals surface area contributed by atoms with Crippen LogP contribution >= 0.6 is 11.3 Å². The molecule has 0 saturated carbocycles. The van der Waals surface area contributed by atoms with Crippen LogP contribution in [-0.4, -0.2) is 35.3 Å². The van der Waals surface area contributed by atoms with E-state index in [-0.39, 0.29) is 11.9 Å². The van der Waals surface area contributed by atoms with E-state index >= 15 is 0 Å². The molecular formula is C19H20N4O3S. The number of amides is 1. The van der Waals surface area contributed by atoms with Gasteiger partial charge in [-0.3, -0.25) is 15.2 Å². The summed E-state index contributed by atoms with van der Waals surface area (Å²) in [7, 11) is 3.16. The number of ether oxygens (including phenoxy) is 2. The van der Waals surface area contributed by atoms with Crippen molar-refractivity contribution in [2.24, 2.45) is 0 Å². The highest BCUT2D eigenvalue weighted by Crippen LogP contribution is 2.32. The van der Waals surface area contributed by atoms with Gasteiger partial charge >= 0.3 is 0 Å². The fraction of sp³-hybridized carbons (Fsp3) is 0.316. The number of aromatic nitrogens is 3. The van der Waals surface area contributed by atoms with Gasteiger partial charge in [0.15, 0.2) is 17.3 Å². The largest absolute Gasteiger partial charge is 0.493 e. The van der Waals surface area contributed by atoms with Gasteiger partial charge in [0.25, 0.3) is 5.91 Å². The normalized spacial score (nSPS) is 13.1. The van der Waals surface area contributed by atoms with E-state index in [1.54, 1.807) is 37.7 Å². The average Bonchev–Trinajstić information content (AvgIpc) is 3.34. The Morgan fingerprint density at radius 2 is 1.96 bits per heavy atom. The van der Waals surface area contributed by atoms with Crippen molar-refractivity contribution >= 4 is 23.2 Å². The Morgan fingerprint density at radius 3 is 2.74 bits per heavy atom. The minimum absolute atomic E-state index is 0.174. The zero-order valence-electron chi connectivity index (χ0n) is 15.2. The van der Waals surface area contributed by atoms with Gasteiger partial charge in [-0.1, -0.05) is 0 Å². The number of methoxy groups -OCH3 is 2. The molecule has 2 N–H and O–H groups in total. The summed E-state index contributed by atoms with van der Waals surface area (Å²) in [6.45, 7) is 0. The number of aromatic amines is 1. The van der Waals surface area contributed by atoms with E-state index in [1.807, 2.05) is 12.1 Å². The topological polar surface area (TPSA) is 89.1 Å². The number of aryl methyl sites for hydroxylation is 2. The lowest BCUT2D eigenvalue weighted by molar-refractivity contribution is 0.102. The predicted molar refractivity (Wildman–Crippen MR) is 104 cm³/mol. The van der Waals surface area contributed by atoms with Crippen LogP contribution in [0.2, 0.25) is 0 Å². The third-order valence-corrected chi connectivity index (χ3v) is 5.82. The number of nitrogens with zero attached hydrogens (tertiary/aromatic N) is 2. The number of nitrogens with one attached hydrogen (secondary N) is 2. The number of carbonyl (C=O) groups is 1. The fourth-order valence-electron chi connectivity index (χ4n) is 3.20. The van der Waals surface area contributed by atoms with Gasteiger partial charge in [-0.25, -0.2) is 0 Å². The van der Waals surface area contributed by atoms with Gasteiger partial charge in [0.2, 0.25) is 5.95 Å². The zero-order chi connectivity index (χ0) is 18.8. The first-order chi connectivity index (χ1) is 13.2. The van der Waals surface area contributed by atoms with Gasteiger partial charge in [0.1, 0.15) is 0 Å². The molecule has 4 rings (SSSR count). The lowest BCUT2D eigenvalue weighted by atomic mass is 9.99. The van der Waals surface area contributed by atoms with E-state index in [9.17, 15) is 4.79 Å². The van der Waals surface area contributed by atoms with Gasteiger partial charge in [-0.05, 0) is 55.5 Å². The Kier molecular flexibility index (Phi) is 4.81. The molecule has 1 aromatic carbocycles. The Labute approximate surface area is 160 Å². The quantitative estimate of drug-likeness (QED) is 0.700. The smallest absolute Gasteiger partial charge is 0.268 e. The lowest BCUT2D eigenvalue weighted by Gasteiger charge is -2.08. The van der Waals surface area contributed by atoms with Crippen LogP contribution < -0.4 is 14.8 Å². The minimum atomic E-state index is -0.174. The standard InChI is InChI=1S/C19H20N4O3S/c1-25-13-8-7-12(9-14(13)26-2)17-20-19(23-22-17)21-18(24)16-10-11-5-3-4-6-15(11)27-16/h7-10H,3-6H2,1-2H3,(H2,20,21,22,23,24). The third kappa shape index (κ3) is 3.52. The van der Waals surface area contributed by atoms with Crippen LogP contribution in [-0.2, 0) is 12.8 Å². The van der Waals surface area contributed by atoms with Gasteiger partial charge in [0.05, 0.1) is 19.1 Å². The second-order valence-corrected chi connectivity index (χ2v) is 7.43. The van der Waals surface area contributed by atoms with Crippen molar-refractivity contribution < 1.29 is 14.3 Å². The maximum atomic E-state index is 12.5. The van der Waals surface area contributed by atoms with Crippen molar-refractivity contribution in [3.8, 4) is 22.9 Å². The summed E-state index contributed by atoms with van der Waals surface area (Å²) in [5.74, 6) is 1.84. The molecule has 2 heterocycles. The van der Waals surface area contributed by atoms with Gasteiger partial charge in [-0.15, -0.1) is 16.4 Å². The predicted octanol–water partition coefficient (Wildman–Crippen LogP) is 3.68. The van der Waals surface area contributed by atoms with Crippen LogP contribution in [0.5, 0.6) is 11.5 Å². The molecule has 0 bridgehead atoms. The van der Waals surface area contributed by atoms with Crippen LogP contribution in [0.1, 0.15) is 33.0 Å². The summed E-state index contributed by atoms with van der Waals surface area (Å²) in [4.78, 5) is 18.9. The summed E-state index contributed by atoms with van der Waals surface area (Å²) >= 11 is 1.57. The Balaban J connectivity index is 1.51. The van der Waals surface area contributed by atoms with Crippen LogP contribution in [0.4, 0.5) is 5.95 Å². The van der Waals surface area contributed by atoms with E-state index in [4.69, 9.17) is 9.47 Å². The van der Waals surface area contributed by atoms with Crippen LogP contribution in [0, 0.1) is 0 Å². The number of rotatable bonds is 5. The highest BCUT2D eigenvalue weighted by Gasteiger charge is 2.18. The van der Waals surface area contributed by atoms with Gasteiger partial charge in [0, 0.05) is 10.4 Å². The second kappa shape index (κ2) is 7.40. The van der Waals surface area contributed by atoms with E-state index < -0.39 is 0 Å². The van der Waals surface area contributed by atoms with Crippen molar-refractivity contribution in [2.75, 3.05) is 19.5 Å². The van der Waals surface area contributed by atoms with E-state index in [2.05, 4.69) is 20.5 Å². The van der Waals surface area contributed by atoms with Crippen molar-refractivity contribution in [2.45, 2.75) is 25.7 Å². The first kappa shape index (κ1) is 17.5. The molecule has 3 aromatic rings. The summed E-state index contributed by atoms with van der Waals surface area (Å²) < 4.78 is 10.6. The Hall–Kier alpha value is -2.87. The molecule has 0 aliphatic heterocycles. The molecule has 0 radical (unpaired) electrons. The molecule has 0 saturated heterocycles. The molecule has 7 nitrogen and oxygen atoms in total. The monoisotopic (exact) mass is 384 g/mol. The van der Waals surface area contributed by atoms with E-state index in [0.717, 1.165) is 18.4 Å². The minimum Gasteiger partial charge on any atom is -0.493 e. The molecule has 0 atom stereocenters. The number of anilines is 1. The molecule has 1 aliphatic carbocycles. The second-order valence-electron chi connectivity index (χ2n) is 6.30. The van der Waals surface area contributed by atoms with Gasteiger partial charge in [-0.2, -0.15) is 4.98 Å². The van der Waals surface area contributed by atoms with E-state index in [0.29, 0.717) is 22.2 Å². The summed E-state index contributed by atoms with van der Waals surface area (Å²) in [5, 5.41) is 9.72. The number of carbonyl (C=O) groups excluding carboxylic acids is 1. The van der Waals surface area contributed by atoms with Crippen molar-refractivity contribution in [3.63, 3.8) is 0 Å². The molecule has 8 heteroatoms. The zero-order valence-corrected chi connectivity index (χ0v) is 16.0. The molecule has 27 heavy (non-hydrogen) atoms. The maximum Gasteiger partial charge on any atom is 0.268 e. The first-order valence-electron chi connectivity index (χ1n) is 8.75. The molecule has 0 fully saturated rings. The summed E-state index contributed by atoms with van der Waals surface area (Å²) in [6.07, 6.45) is 4.52. The highest BCUT2D eigenvalue weighted by atomic mass is 32.1. The van der Waals surface area contributed by atoms with Crippen molar-refractivity contribution in [1.29, 1.82) is 0 Å². The average molecular weight is 384 g/mol. The van der Waals surface area contributed by atoms with Crippen molar-refractivity contribution in [1.82, 2.24) is 15.2 Å². The molecule has 1 amide bonds. The number of hydrogen-bond donors (Lipinski definition) is 2. The maximum absolute atomic E-state index is 12.5. The van der Waals surface area contributed by atoms with Crippen molar-refractivity contribution in [3.05, 3.63) is 39.6 Å². The highest BCUT2D eigenvalue weighted by molar-refractivity contribution is 7.14. The third-order valence-electron chi connectivity index (χ3n) is 4.59. The molecule has 2 aromatic heterocycles. The molecule has 1 aliphatic rings. The number of H-pyrrole nitrogens is 1. The van der Waals surface area contributed by atoms with E-state index in [1.165, 1.54) is 23.3 Å². The van der Waals surface area contributed by atoms with Gasteiger partial charge < -0.3 is 9.47 Å². The molecular weight excluding hydrogens is 364 g/mol. The first-order valence-corrected chi connectivity index (χ1v) is 9.57. The SMILES string of the molecule is COc1ccc(-c2nc(NC(=O)c3cc4c(s3)CCCC4)n[nH]2)cc1OC. The summed E-state index contributed by atoms with van der Waals surface area (Å²) in [5.41, 5.74) is 2.09. The number of benzene rings is 1. The molecule has 0 spiro atoms. The van der Waals surface area contributed by atoms with Crippen LogP contribution in [0.15, 0.2) is 24.3 Å². The number of thiophene rings is 1.